The fraction of sp³-hybridized carbons (Fsp3) is 0.192. The average Bonchev–Trinajstić information content (AvgIpc) is 3.35. The Labute approximate surface area is 206 Å². The summed E-state index contributed by atoms with van der Waals surface area (Å²) in [7, 11) is 3.05. The van der Waals surface area contributed by atoms with Crippen LogP contribution in [0.5, 0.6) is 11.5 Å². The van der Waals surface area contributed by atoms with E-state index in [1.165, 1.54) is 30.9 Å². The van der Waals surface area contributed by atoms with Gasteiger partial charge in [0.05, 0.1) is 25.7 Å². The van der Waals surface area contributed by atoms with Crippen molar-refractivity contribution in [2.75, 3.05) is 41.6 Å². The van der Waals surface area contributed by atoms with Crippen LogP contribution < -0.4 is 24.6 Å². The van der Waals surface area contributed by atoms with E-state index in [2.05, 4.69) is 5.32 Å². The Hall–Kier alpha value is -3.98. The van der Waals surface area contributed by atoms with Crippen LogP contribution >= 0.6 is 11.8 Å². The molecule has 2 aliphatic rings. The highest BCUT2D eigenvalue weighted by atomic mass is 32.2. The van der Waals surface area contributed by atoms with Crippen LogP contribution in [0.2, 0.25) is 0 Å². The van der Waals surface area contributed by atoms with Crippen LogP contribution in [0.25, 0.3) is 0 Å². The van der Waals surface area contributed by atoms with Gasteiger partial charge >= 0.3 is 0 Å². The van der Waals surface area contributed by atoms with Crippen LogP contribution in [0.3, 0.4) is 0 Å². The molecule has 0 bridgehead atoms. The number of fused-ring (bicyclic) bond motifs is 2. The summed E-state index contributed by atoms with van der Waals surface area (Å²) in [5.41, 5.74) is 2.47. The Morgan fingerprint density at radius 1 is 0.971 bits per heavy atom. The first-order chi connectivity index (χ1) is 17.0. The highest BCUT2D eigenvalue weighted by molar-refractivity contribution is 8.02. The van der Waals surface area contributed by atoms with Gasteiger partial charge in [-0.3, -0.25) is 24.2 Å². The van der Waals surface area contributed by atoms with Crippen LogP contribution in [0.15, 0.2) is 72.8 Å². The van der Waals surface area contributed by atoms with Crippen LogP contribution in [0, 0.1) is 0 Å². The molecule has 9 heteroatoms. The molecule has 8 nitrogen and oxygen atoms in total. The molecule has 0 saturated carbocycles. The standard InChI is InChI=1S/C26H23N3O5S/c1-33-21-13-12-17(14-22(21)34-2)27-23(30)15-28-20-11-7-6-10-19(20)26(25(28)32)29(24(31)16-35-26)18-8-4-3-5-9-18/h3-14H,15-16H2,1-2H3,(H,27,30). The third-order valence-electron chi connectivity index (χ3n) is 6.05. The number of methoxy groups -OCH3 is 2. The second kappa shape index (κ2) is 8.99. The molecule has 0 radical (unpaired) electrons. The number of carbonyl (C=O) groups is 3. The van der Waals surface area contributed by atoms with Gasteiger partial charge in [0, 0.05) is 23.0 Å². The molecule has 5 rings (SSSR count). The number of rotatable bonds is 6. The number of ether oxygens (including phenoxy) is 2. The lowest BCUT2D eigenvalue weighted by Crippen LogP contribution is -2.50. The molecule has 3 amide bonds. The van der Waals surface area contributed by atoms with Gasteiger partial charge in [-0.15, -0.1) is 11.8 Å². The number of hydrogen-bond donors (Lipinski definition) is 1. The van der Waals surface area contributed by atoms with Crippen LogP contribution in [-0.2, 0) is 19.3 Å². The number of carbonyl (C=O) groups excluding carboxylic acids is 3. The van der Waals surface area contributed by atoms with Crippen molar-refractivity contribution in [2.24, 2.45) is 0 Å². The predicted molar refractivity (Wildman–Crippen MR) is 135 cm³/mol. The smallest absolute Gasteiger partial charge is 0.269 e. The van der Waals surface area contributed by atoms with Crippen molar-refractivity contribution in [2.45, 2.75) is 4.87 Å². The average molecular weight is 490 g/mol. The summed E-state index contributed by atoms with van der Waals surface area (Å²) in [5.74, 6) is 0.340. The Bertz CT molecular complexity index is 1320. The summed E-state index contributed by atoms with van der Waals surface area (Å²) >= 11 is 1.28. The third-order valence-corrected chi connectivity index (χ3v) is 7.43. The second-order valence-electron chi connectivity index (χ2n) is 8.02. The van der Waals surface area contributed by atoms with E-state index in [4.69, 9.17) is 9.47 Å². The Balaban J connectivity index is 1.46. The monoisotopic (exact) mass is 489 g/mol. The topological polar surface area (TPSA) is 88.2 Å². The molecule has 1 fully saturated rings. The number of benzene rings is 3. The summed E-state index contributed by atoms with van der Waals surface area (Å²) in [6, 6.07) is 21.5. The lowest BCUT2D eigenvalue weighted by molar-refractivity contribution is -0.124. The number of thioether (sulfide) groups is 1. The van der Waals surface area contributed by atoms with E-state index >= 15 is 0 Å². The summed E-state index contributed by atoms with van der Waals surface area (Å²) in [5, 5.41) is 2.82. The van der Waals surface area contributed by atoms with Gasteiger partial charge in [0.1, 0.15) is 6.54 Å². The van der Waals surface area contributed by atoms with E-state index in [0.29, 0.717) is 34.1 Å². The first-order valence-electron chi connectivity index (χ1n) is 10.9. The maximum absolute atomic E-state index is 14.0. The molecule has 3 aromatic rings. The number of hydrogen-bond acceptors (Lipinski definition) is 6. The van der Waals surface area contributed by atoms with Gasteiger partial charge in [-0.25, -0.2) is 0 Å². The molecule has 2 heterocycles. The van der Waals surface area contributed by atoms with Gasteiger partial charge in [0.15, 0.2) is 11.5 Å². The van der Waals surface area contributed by atoms with Crippen molar-refractivity contribution < 1.29 is 23.9 Å². The van der Waals surface area contributed by atoms with E-state index < -0.39 is 4.87 Å². The SMILES string of the molecule is COc1ccc(NC(=O)CN2C(=O)C3(SCC(=O)N3c3ccccc3)c3ccccc32)cc1OC. The highest BCUT2D eigenvalue weighted by Gasteiger charge is 2.61. The number of amides is 3. The van der Waals surface area contributed by atoms with Crippen molar-refractivity contribution in [3.63, 3.8) is 0 Å². The third kappa shape index (κ3) is 3.68. The molecule has 3 aromatic carbocycles. The first kappa shape index (κ1) is 22.8. The zero-order chi connectivity index (χ0) is 24.6. The van der Waals surface area contributed by atoms with Gasteiger partial charge in [-0.05, 0) is 30.3 Å². The molecule has 2 aliphatic heterocycles. The molecular formula is C26H23N3O5S. The Kier molecular flexibility index (Phi) is 5.86. The molecule has 178 valence electrons. The fourth-order valence-electron chi connectivity index (χ4n) is 4.55. The van der Waals surface area contributed by atoms with Gasteiger partial charge in [0.25, 0.3) is 5.91 Å². The maximum Gasteiger partial charge on any atom is 0.269 e. The molecule has 1 saturated heterocycles. The number of nitrogens with one attached hydrogen (secondary N) is 1. The molecule has 1 atom stereocenters. The number of nitrogens with zero attached hydrogens (tertiary/aromatic N) is 2. The Morgan fingerprint density at radius 3 is 2.43 bits per heavy atom. The van der Waals surface area contributed by atoms with Crippen molar-refractivity contribution in [3.8, 4) is 11.5 Å². The van der Waals surface area contributed by atoms with E-state index in [1.54, 1.807) is 29.2 Å². The molecule has 0 aliphatic carbocycles. The zero-order valence-corrected chi connectivity index (χ0v) is 20.0. The molecule has 0 aromatic heterocycles. The minimum Gasteiger partial charge on any atom is -0.493 e. The van der Waals surface area contributed by atoms with E-state index in [0.717, 1.165) is 0 Å². The molecule has 1 spiro atoms. The largest absolute Gasteiger partial charge is 0.493 e. The van der Waals surface area contributed by atoms with E-state index in [1.807, 2.05) is 48.5 Å². The van der Waals surface area contributed by atoms with E-state index in [9.17, 15) is 14.4 Å². The zero-order valence-electron chi connectivity index (χ0n) is 19.2. The van der Waals surface area contributed by atoms with Crippen LogP contribution in [-0.4, -0.2) is 44.2 Å². The normalized spacial score (nSPS) is 18.7. The highest BCUT2D eigenvalue weighted by Crippen LogP contribution is 2.55. The summed E-state index contributed by atoms with van der Waals surface area (Å²) < 4.78 is 10.5. The first-order valence-corrected chi connectivity index (χ1v) is 11.9. The van der Waals surface area contributed by atoms with Crippen LogP contribution in [0.4, 0.5) is 17.1 Å². The quantitative estimate of drug-likeness (QED) is 0.569. The molecular weight excluding hydrogens is 466 g/mol. The predicted octanol–water partition coefficient (Wildman–Crippen LogP) is 3.62. The minimum atomic E-state index is -1.25. The Morgan fingerprint density at radius 2 is 1.69 bits per heavy atom. The van der Waals surface area contributed by atoms with Gasteiger partial charge in [0.2, 0.25) is 16.7 Å². The fourth-order valence-corrected chi connectivity index (χ4v) is 5.91. The van der Waals surface area contributed by atoms with Gasteiger partial charge < -0.3 is 14.8 Å². The molecule has 1 N–H and O–H groups in total. The lowest BCUT2D eigenvalue weighted by atomic mass is 10.0. The summed E-state index contributed by atoms with van der Waals surface area (Å²) in [6.07, 6.45) is 0. The lowest BCUT2D eigenvalue weighted by Gasteiger charge is -2.33. The summed E-state index contributed by atoms with van der Waals surface area (Å²) in [4.78, 5) is 41.8. The van der Waals surface area contributed by atoms with Gasteiger partial charge in [-0.1, -0.05) is 36.4 Å². The van der Waals surface area contributed by atoms with Crippen molar-refractivity contribution in [1.82, 2.24) is 0 Å². The van der Waals surface area contributed by atoms with Gasteiger partial charge in [-0.2, -0.15) is 0 Å². The number of anilines is 3. The summed E-state index contributed by atoms with van der Waals surface area (Å²) in [6.45, 7) is -0.205. The maximum atomic E-state index is 14.0. The minimum absolute atomic E-state index is 0.152. The van der Waals surface area contributed by atoms with E-state index in [-0.39, 0.29) is 30.0 Å². The van der Waals surface area contributed by atoms with Crippen LogP contribution in [0.1, 0.15) is 5.56 Å². The molecule has 1 unspecified atom stereocenters. The van der Waals surface area contributed by atoms with Crippen molar-refractivity contribution in [3.05, 3.63) is 78.4 Å². The molecule has 35 heavy (non-hydrogen) atoms. The number of para-hydroxylation sites is 2. The van der Waals surface area contributed by atoms with Crippen molar-refractivity contribution >= 4 is 46.5 Å². The second-order valence-corrected chi connectivity index (χ2v) is 9.19. The van der Waals surface area contributed by atoms with Crippen molar-refractivity contribution in [1.29, 1.82) is 0 Å².